The van der Waals surface area contributed by atoms with Gasteiger partial charge in [0.1, 0.15) is 15.9 Å². The molecule has 0 bridgehead atoms. The molecule has 3 aromatic rings. The van der Waals surface area contributed by atoms with Crippen LogP contribution in [-0.4, -0.2) is 51.1 Å². The van der Waals surface area contributed by atoms with E-state index in [2.05, 4.69) is 58.0 Å². The van der Waals surface area contributed by atoms with E-state index in [1.54, 1.807) is 0 Å². The molecule has 1 aromatic carbocycles. The molecule has 2 N–H and O–H groups in total. The number of hydrogen-bond donors (Lipinski definition) is 2. The van der Waals surface area contributed by atoms with Gasteiger partial charge in [-0.15, -0.1) is 0 Å². The lowest BCUT2D eigenvalue weighted by molar-refractivity contribution is 0.373. The van der Waals surface area contributed by atoms with Gasteiger partial charge in [-0.25, -0.2) is 23.1 Å². The number of aromatic nitrogens is 3. The molecule has 0 unspecified atom stereocenters. The van der Waals surface area contributed by atoms with Gasteiger partial charge in [0.15, 0.2) is 0 Å². The molecule has 4 rings (SSSR count). The number of pyridine rings is 1. The van der Waals surface area contributed by atoms with Crippen LogP contribution in [0, 0.1) is 5.92 Å². The first kappa shape index (κ1) is 26.6. The number of benzene rings is 1. The molecular weight excluding hydrogens is 540 g/mol. The maximum absolute atomic E-state index is 11.2. The second-order valence-electron chi connectivity index (χ2n) is 8.32. The number of para-hydroxylation sites is 1. The molecule has 0 aliphatic heterocycles. The third kappa shape index (κ3) is 7.00. The van der Waals surface area contributed by atoms with Crippen LogP contribution in [0.5, 0.6) is 0 Å². The number of rotatable bonds is 6. The fourth-order valence-electron chi connectivity index (χ4n) is 3.78. The monoisotopic (exact) mass is 568 g/mol. The Hall–Kier alpha value is -2.01. The Morgan fingerprint density at radius 2 is 1.85 bits per heavy atom. The maximum Gasteiger partial charge on any atom is 0.241 e. The van der Waals surface area contributed by atoms with E-state index in [0.29, 0.717) is 4.47 Å². The molecule has 0 saturated heterocycles. The molecule has 0 atom stereocenters. The van der Waals surface area contributed by atoms with Crippen LogP contribution in [0.3, 0.4) is 0 Å². The third-order valence-corrected chi connectivity index (χ3v) is 8.15. The maximum atomic E-state index is 11.2. The number of sulfonamides is 1. The molecule has 1 aliphatic rings. The summed E-state index contributed by atoms with van der Waals surface area (Å²) in [5, 5.41) is 4.79. The Kier molecular flexibility index (Phi) is 9.47. The number of halogens is 2. The Labute approximate surface area is 214 Å². The summed E-state index contributed by atoms with van der Waals surface area (Å²) in [6, 6.07) is 9.58. The lowest BCUT2D eigenvalue weighted by Crippen LogP contribution is -2.19. The molecule has 0 amide bonds. The zero-order valence-corrected chi connectivity index (χ0v) is 22.7. The highest BCUT2D eigenvalue weighted by atomic mass is 79.9. The minimum atomic E-state index is -3.44. The van der Waals surface area contributed by atoms with Crippen molar-refractivity contribution >= 4 is 60.2 Å². The van der Waals surface area contributed by atoms with Gasteiger partial charge >= 0.3 is 0 Å². The fourth-order valence-corrected chi connectivity index (χ4v) is 5.08. The average Bonchev–Trinajstić information content (AvgIpc) is 2.84. The molecule has 1 fully saturated rings. The fraction of sp³-hybridized carbons (Fsp3) is 0.435. The van der Waals surface area contributed by atoms with E-state index >= 15 is 0 Å². The Morgan fingerprint density at radius 1 is 1.15 bits per heavy atom. The van der Waals surface area contributed by atoms with Crippen LogP contribution in [0.1, 0.15) is 32.1 Å². The van der Waals surface area contributed by atoms with Crippen molar-refractivity contribution in [3.63, 3.8) is 0 Å². The zero-order valence-electron chi connectivity index (χ0n) is 19.6. The molecule has 2 heterocycles. The highest BCUT2D eigenvalue weighted by molar-refractivity contribution is 9.10. The molecule has 0 spiro atoms. The van der Waals surface area contributed by atoms with Crippen molar-refractivity contribution < 1.29 is 8.42 Å². The van der Waals surface area contributed by atoms with Crippen LogP contribution < -0.4 is 14.9 Å². The van der Waals surface area contributed by atoms with Gasteiger partial charge in [-0.05, 0) is 59.9 Å². The summed E-state index contributed by atoms with van der Waals surface area (Å²) in [6.45, 7) is 0.991. The molecule has 8 nitrogen and oxygen atoms in total. The van der Waals surface area contributed by atoms with Crippen LogP contribution >= 0.6 is 27.5 Å². The summed E-state index contributed by atoms with van der Waals surface area (Å²) < 4.78 is 25.1. The standard InChI is InChI=1S/C17H24N4.C6H6BrClN2O2S/c1-21(2)16-14-10-6-7-11-15(14)19-17(20-16)18-12-13-8-4-3-5-9-13;1-9-13(11,12)4-2-5(7)6(8)10-3-4/h6-7,10-11,13H,3-5,8-9,12H2,1-2H3,(H,18,19,20);2-3,9H,1H3. The molecule has 184 valence electrons. The lowest BCUT2D eigenvalue weighted by atomic mass is 9.89. The second kappa shape index (κ2) is 12.1. The summed E-state index contributed by atoms with van der Waals surface area (Å²) in [6.07, 6.45) is 8.00. The Balaban J connectivity index is 0.000000215. The van der Waals surface area contributed by atoms with Crippen LogP contribution in [0.25, 0.3) is 10.9 Å². The Morgan fingerprint density at radius 3 is 2.50 bits per heavy atom. The number of nitrogens with zero attached hydrogens (tertiary/aromatic N) is 4. The number of nitrogens with one attached hydrogen (secondary N) is 2. The number of hydrogen-bond acceptors (Lipinski definition) is 7. The first-order valence-electron chi connectivity index (χ1n) is 11.1. The predicted molar refractivity (Wildman–Crippen MR) is 142 cm³/mol. The highest BCUT2D eigenvalue weighted by Crippen LogP contribution is 2.26. The van der Waals surface area contributed by atoms with Crippen LogP contribution in [0.15, 0.2) is 45.9 Å². The van der Waals surface area contributed by atoms with Gasteiger partial charge in [-0.2, -0.15) is 4.98 Å². The van der Waals surface area contributed by atoms with E-state index in [0.717, 1.165) is 35.1 Å². The third-order valence-electron chi connectivity index (χ3n) is 5.63. The second-order valence-corrected chi connectivity index (χ2v) is 11.4. The van der Waals surface area contributed by atoms with Gasteiger partial charge in [0.2, 0.25) is 16.0 Å². The van der Waals surface area contributed by atoms with Crippen molar-refractivity contribution in [2.24, 2.45) is 5.92 Å². The van der Waals surface area contributed by atoms with Crippen molar-refractivity contribution in [2.45, 2.75) is 37.0 Å². The molecule has 1 saturated carbocycles. The quantitative estimate of drug-likeness (QED) is 0.399. The first-order chi connectivity index (χ1) is 16.2. The summed E-state index contributed by atoms with van der Waals surface area (Å²) in [5.74, 6) is 2.51. The van der Waals surface area contributed by atoms with Crippen molar-refractivity contribution in [1.29, 1.82) is 0 Å². The van der Waals surface area contributed by atoms with Gasteiger partial charge in [0, 0.05) is 32.2 Å². The van der Waals surface area contributed by atoms with E-state index in [4.69, 9.17) is 11.6 Å². The van der Waals surface area contributed by atoms with Crippen molar-refractivity contribution in [2.75, 3.05) is 37.9 Å². The van der Waals surface area contributed by atoms with Crippen molar-refractivity contribution in [3.8, 4) is 0 Å². The highest BCUT2D eigenvalue weighted by Gasteiger charge is 2.15. The number of anilines is 2. The minimum absolute atomic E-state index is 0.0753. The summed E-state index contributed by atoms with van der Waals surface area (Å²) in [5.41, 5.74) is 1.00. The van der Waals surface area contributed by atoms with Crippen molar-refractivity contribution in [3.05, 3.63) is 46.2 Å². The summed E-state index contributed by atoms with van der Waals surface area (Å²) in [4.78, 5) is 15.2. The van der Waals surface area contributed by atoms with E-state index in [9.17, 15) is 8.42 Å². The molecule has 11 heteroatoms. The molecular formula is C23H30BrClN6O2S. The van der Waals surface area contributed by atoms with Gasteiger partial charge in [-0.3, -0.25) is 0 Å². The normalized spacial score (nSPS) is 14.4. The van der Waals surface area contributed by atoms with E-state index in [-0.39, 0.29) is 10.0 Å². The van der Waals surface area contributed by atoms with Crippen LogP contribution in [0.2, 0.25) is 5.15 Å². The predicted octanol–water partition coefficient (Wildman–Crippen LogP) is 5.09. The number of fused-ring (bicyclic) bond motifs is 1. The van der Waals surface area contributed by atoms with Gasteiger partial charge in [0.05, 0.1) is 9.99 Å². The van der Waals surface area contributed by atoms with Crippen LogP contribution in [-0.2, 0) is 10.0 Å². The summed E-state index contributed by atoms with van der Waals surface area (Å²) in [7, 11) is 1.95. The van der Waals surface area contributed by atoms with Crippen LogP contribution in [0.4, 0.5) is 11.8 Å². The average molecular weight is 570 g/mol. The largest absolute Gasteiger partial charge is 0.362 e. The Bertz CT molecular complexity index is 1220. The molecule has 1 aliphatic carbocycles. The summed E-state index contributed by atoms with van der Waals surface area (Å²) >= 11 is 8.68. The van der Waals surface area contributed by atoms with E-state index in [1.807, 2.05) is 26.2 Å². The SMILES string of the molecule is CN(C)c1nc(NCC2CCCCC2)nc2ccccc12.CNS(=O)(=O)c1cnc(Cl)c(Br)c1. The van der Waals surface area contributed by atoms with Gasteiger partial charge in [-0.1, -0.05) is 43.0 Å². The van der Waals surface area contributed by atoms with Crippen molar-refractivity contribution in [1.82, 2.24) is 19.7 Å². The van der Waals surface area contributed by atoms with Gasteiger partial charge in [0.25, 0.3) is 0 Å². The van der Waals surface area contributed by atoms with E-state index in [1.165, 1.54) is 51.4 Å². The molecule has 34 heavy (non-hydrogen) atoms. The van der Waals surface area contributed by atoms with Gasteiger partial charge < -0.3 is 10.2 Å². The zero-order chi connectivity index (χ0) is 24.7. The smallest absolute Gasteiger partial charge is 0.241 e. The lowest BCUT2D eigenvalue weighted by Gasteiger charge is -2.22. The molecule has 0 radical (unpaired) electrons. The first-order valence-corrected chi connectivity index (χ1v) is 13.8. The molecule has 2 aromatic heterocycles. The minimum Gasteiger partial charge on any atom is -0.362 e. The van der Waals surface area contributed by atoms with E-state index < -0.39 is 10.0 Å². The topological polar surface area (TPSA) is 100 Å².